The minimum Gasteiger partial charge on any atom is -0.435 e. The van der Waals surface area contributed by atoms with Crippen molar-refractivity contribution in [2.75, 3.05) is 0 Å². The molecule has 4 rings (SSSR count). The zero-order chi connectivity index (χ0) is 19.5. The number of rotatable bonds is 6. The number of amides is 1. The second-order valence-electron chi connectivity index (χ2n) is 6.36. The third kappa shape index (κ3) is 4.33. The summed E-state index contributed by atoms with van der Waals surface area (Å²) in [4.78, 5) is 15.1. The van der Waals surface area contributed by atoms with Gasteiger partial charge >= 0.3 is 6.61 Å². The van der Waals surface area contributed by atoms with E-state index < -0.39 is 6.61 Å². The lowest BCUT2D eigenvalue weighted by molar-refractivity contribution is -0.131. The van der Waals surface area contributed by atoms with Crippen LogP contribution in [0, 0.1) is 0 Å². The van der Waals surface area contributed by atoms with E-state index in [-0.39, 0.29) is 11.7 Å². The monoisotopic (exact) mass is 401 g/mol. The highest BCUT2D eigenvalue weighted by molar-refractivity contribution is 7.97. The van der Waals surface area contributed by atoms with Gasteiger partial charge in [0, 0.05) is 35.1 Å². The number of aromatic nitrogens is 2. The Bertz CT molecular complexity index is 938. The molecular formula is C20H17F2N3O2S. The van der Waals surface area contributed by atoms with Crippen molar-refractivity contribution >= 4 is 17.9 Å². The molecule has 8 heteroatoms. The Morgan fingerprint density at radius 2 is 1.86 bits per heavy atom. The molecule has 0 N–H and O–H groups in total. The zero-order valence-electron chi connectivity index (χ0n) is 14.8. The van der Waals surface area contributed by atoms with E-state index in [0.717, 1.165) is 21.7 Å². The predicted molar refractivity (Wildman–Crippen MR) is 101 cm³/mol. The zero-order valence-corrected chi connectivity index (χ0v) is 15.6. The molecule has 2 heterocycles. The van der Waals surface area contributed by atoms with E-state index >= 15 is 0 Å². The van der Waals surface area contributed by atoms with Crippen LogP contribution in [0.25, 0.3) is 0 Å². The van der Waals surface area contributed by atoms with E-state index in [1.807, 2.05) is 36.5 Å². The first kappa shape index (κ1) is 18.5. The molecule has 0 saturated heterocycles. The molecule has 0 spiro atoms. The van der Waals surface area contributed by atoms with Crippen LogP contribution in [-0.2, 0) is 24.3 Å². The quantitative estimate of drug-likeness (QED) is 0.623. The van der Waals surface area contributed by atoms with E-state index in [2.05, 4.69) is 9.84 Å². The number of fused-ring (bicyclic) bond motifs is 1. The van der Waals surface area contributed by atoms with Gasteiger partial charge in [0.1, 0.15) is 5.75 Å². The SMILES string of the molecule is O=C(Cc1ccccc1)N1Cc2cn(Sc3ccc(OC(F)F)cc3)nc2C1. The summed E-state index contributed by atoms with van der Waals surface area (Å²) in [5, 5.41) is 4.53. The van der Waals surface area contributed by atoms with Crippen LogP contribution in [-0.4, -0.2) is 26.6 Å². The molecule has 1 aliphatic heterocycles. The van der Waals surface area contributed by atoms with Crippen LogP contribution in [0.4, 0.5) is 8.78 Å². The second kappa shape index (κ2) is 8.02. The fourth-order valence-electron chi connectivity index (χ4n) is 3.02. The molecule has 2 aromatic carbocycles. The second-order valence-corrected chi connectivity index (χ2v) is 7.39. The van der Waals surface area contributed by atoms with Crippen molar-refractivity contribution in [2.24, 2.45) is 0 Å². The Kier molecular flexibility index (Phi) is 5.29. The Hall–Kier alpha value is -2.87. The highest BCUT2D eigenvalue weighted by atomic mass is 32.2. The topological polar surface area (TPSA) is 47.4 Å². The van der Waals surface area contributed by atoms with Crippen molar-refractivity contribution in [3.8, 4) is 5.75 Å². The first-order valence-electron chi connectivity index (χ1n) is 8.69. The smallest absolute Gasteiger partial charge is 0.387 e. The van der Waals surface area contributed by atoms with Gasteiger partial charge in [-0.15, -0.1) is 0 Å². The molecule has 0 unspecified atom stereocenters. The van der Waals surface area contributed by atoms with Gasteiger partial charge in [-0.1, -0.05) is 30.3 Å². The third-order valence-corrected chi connectivity index (χ3v) is 5.21. The first-order chi connectivity index (χ1) is 13.6. The van der Waals surface area contributed by atoms with E-state index in [9.17, 15) is 13.6 Å². The number of benzene rings is 2. The third-order valence-electron chi connectivity index (χ3n) is 4.36. The maximum atomic E-state index is 12.5. The highest BCUT2D eigenvalue weighted by Crippen LogP contribution is 2.28. The fourth-order valence-corrected chi connectivity index (χ4v) is 3.82. The van der Waals surface area contributed by atoms with Crippen molar-refractivity contribution in [2.45, 2.75) is 31.0 Å². The van der Waals surface area contributed by atoms with Crippen molar-refractivity contribution in [1.29, 1.82) is 0 Å². The van der Waals surface area contributed by atoms with Crippen LogP contribution < -0.4 is 4.74 Å². The van der Waals surface area contributed by atoms with Crippen LogP contribution >= 0.6 is 11.9 Å². The summed E-state index contributed by atoms with van der Waals surface area (Å²) in [7, 11) is 0. The molecule has 1 amide bonds. The maximum absolute atomic E-state index is 12.5. The van der Waals surface area contributed by atoms with Gasteiger partial charge in [0.25, 0.3) is 0 Å². The van der Waals surface area contributed by atoms with E-state index in [0.29, 0.717) is 19.5 Å². The summed E-state index contributed by atoms with van der Waals surface area (Å²) >= 11 is 1.37. The number of hydrogen-bond acceptors (Lipinski definition) is 4. The summed E-state index contributed by atoms with van der Waals surface area (Å²) in [6, 6.07) is 16.1. The van der Waals surface area contributed by atoms with Crippen LogP contribution in [0.2, 0.25) is 0 Å². The minimum absolute atomic E-state index is 0.0815. The normalized spacial score (nSPS) is 13.0. The number of alkyl halides is 2. The van der Waals surface area contributed by atoms with Gasteiger partial charge in [-0.3, -0.25) is 4.79 Å². The Morgan fingerprint density at radius 3 is 2.54 bits per heavy atom. The van der Waals surface area contributed by atoms with Crippen molar-refractivity contribution < 1.29 is 18.3 Å². The Morgan fingerprint density at radius 1 is 1.11 bits per heavy atom. The van der Waals surface area contributed by atoms with Gasteiger partial charge in [-0.05, 0) is 29.8 Å². The average molecular weight is 401 g/mol. The Balaban J connectivity index is 1.35. The van der Waals surface area contributed by atoms with Crippen molar-refractivity contribution in [3.05, 3.63) is 77.6 Å². The largest absolute Gasteiger partial charge is 0.435 e. The first-order valence-corrected chi connectivity index (χ1v) is 9.46. The van der Waals surface area contributed by atoms with Crippen molar-refractivity contribution in [1.82, 2.24) is 14.1 Å². The molecule has 0 bridgehead atoms. The summed E-state index contributed by atoms with van der Waals surface area (Å²) in [5.41, 5.74) is 2.90. The lowest BCUT2D eigenvalue weighted by Crippen LogP contribution is -2.27. The maximum Gasteiger partial charge on any atom is 0.387 e. The molecule has 0 atom stereocenters. The number of carbonyl (C=O) groups excluding carboxylic acids is 1. The van der Waals surface area contributed by atoms with E-state index in [1.165, 1.54) is 24.1 Å². The molecule has 144 valence electrons. The molecular weight excluding hydrogens is 384 g/mol. The van der Waals surface area contributed by atoms with Crippen LogP contribution in [0.3, 0.4) is 0 Å². The van der Waals surface area contributed by atoms with Gasteiger partial charge in [-0.25, -0.2) is 4.09 Å². The average Bonchev–Trinajstić information content (AvgIpc) is 3.22. The lowest BCUT2D eigenvalue weighted by Gasteiger charge is -2.15. The fraction of sp³-hybridized carbons (Fsp3) is 0.200. The molecule has 3 aromatic rings. The van der Waals surface area contributed by atoms with Crippen LogP contribution in [0.5, 0.6) is 5.75 Å². The van der Waals surface area contributed by atoms with Crippen LogP contribution in [0.1, 0.15) is 16.8 Å². The Labute approximate surface area is 165 Å². The molecule has 5 nitrogen and oxygen atoms in total. The van der Waals surface area contributed by atoms with Gasteiger partial charge in [-0.2, -0.15) is 13.9 Å². The van der Waals surface area contributed by atoms with Gasteiger partial charge in [0.15, 0.2) is 0 Å². The van der Waals surface area contributed by atoms with E-state index in [1.54, 1.807) is 21.1 Å². The number of carbonyl (C=O) groups is 1. The number of hydrogen-bond donors (Lipinski definition) is 0. The highest BCUT2D eigenvalue weighted by Gasteiger charge is 2.26. The van der Waals surface area contributed by atoms with Gasteiger partial charge < -0.3 is 9.64 Å². The van der Waals surface area contributed by atoms with Crippen LogP contribution in [0.15, 0.2) is 65.7 Å². The molecule has 1 aliphatic rings. The molecule has 0 saturated carbocycles. The summed E-state index contributed by atoms with van der Waals surface area (Å²) in [5.74, 6) is 0.202. The summed E-state index contributed by atoms with van der Waals surface area (Å²) < 4.78 is 30.5. The molecule has 1 aromatic heterocycles. The molecule has 0 radical (unpaired) electrons. The predicted octanol–water partition coefficient (Wildman–Crippen LogP) is 4.12. The summed E-state index contributed by atoms with van der Waals surface area (Å²) in [6.07, 6.45) is 2.28. The molecule has 0 fully saturated rings. The number of ether oxygens (including phenoxy) is 1. The standard InChI is InChI=1S/C20H17F2N3O2S/c21-20(22)27-16-6-8-17(9-7-16)28-25-12-15-11-24(13-18(15)23-25)19(26)10-14-4-2-1-3-5-14/h1-9,12,20H,10-11,13H2. The minimum atomic E-state index is -2.83. The summed E-state index contributed by atoms with van der Waals surface area (Å²) in [6.45, 7) is -1.79. The van der Waals surface area contributed by atoms with E-state index in [4.69, 9.17) is 0 Å². The molecule has 0 aliphatic carbocycles. The van der Waals surface area contributed by atoms with Gasteiger partial charge in [0.05, 0.1) is 18.7 Å². The lowest BCUT2D eigenvalue weighted by atomic mass is 10.1. The van der Waals surface area contributed by atoms with Crippen molar-refractivity contribution in [3.63, 3.8) is 0 Å². The van der Waals surface area contributed by atoms with Gasteiger partial charge in [0.2, 0.25) is 5.91 Å². The molecule has 28 heavy (non-hydrogen) atoms. The number of halogens is 2. The number of nitrogens with zero attached hydrogens (tertiary/aromatic N) is 3.